The van der Waals surface area contributed by atoms with Crippen molar-refractivity contribution in [3.05, 3.63) is 89.8 Å². The fraction of sp³-hybridized carbons (Fsp3) is 0.250. The molecule has 1 aliphatic rings. The van der Waals surface area contributed by atoms with Gasteiger partial charge in [-0.15, -0.1) is 15.8 Å². The van der Waals surface area contributed by atoms with Crippen molar-refractivity contribution < 1.29 is 24.7 Å². The van der Waals surface area contributed by atoms with Crippen molar-refractivity contribution in [3.8, 4) is 17.0 Å². The maximum absolute atomic E-state index is 12.9. The summed E-state index contributed by atoms with van der Waals surface area (Å²) in [5.74, 6) is -1.03. The third kappa shape index (κ3) is 5.30. The van der Waals surface area contributed by atoms with Gasteiger partial charge in [-0.3, -0.25) is 9.78 Å². The van der Waals surface area contributed by atoms with Crippen molar-refractivity contribution in [3.63, 3.8) is 0 Å². The maximum Gasteiger partial charge on any atom is 0.364 e. The van der Waals surface area contributed by atoms with Crippen LogP contribution in [-0.4, -0.2) is 40.5 Å². The van der Waals surface area contributed by atoms with E-state index in [4.69, 9.17) is 9.47 Å². The molecule has 0 spiro atoms. The van der Waals surface area contributed by atoms with Gasteiger partial charge in [-0.05, 0) is 67.7 Å². The average Bonchev–Trinajstić information content (AvgIpc) is 2.87. The zero-order valence-corrected chi connectivity index (χ0v) is 21.1. The summed E-state index contributed by atoms with van der Waals surface area (Å²) in [6.07, 6.45) is 7.47. The number of carbonyl (C=O) groups is 1. The highest BCUT2D eigenvalue weighted by Crippen LogP contribution is 2.45. The van der Waals surface area contributed by atoms with E-state index in [-0.39, 0.29) is 17.1 Å². The number of carbonyl (C=O) groups excluding carboxylic acids is 1. The van der Waals surface area contributed by atoms with Crippen LogP contribution in [0.4, 0.5) is 5.82 Å². The van der Waals surface area contributed by atoms with Crippen molar-refractivity contribution in [2.75, 3.05) is 14.2 Å². The van der Waals surface area contributed by atoms with E-state index in [0.717, 1.165) is 41.6 Å². The lowest BCUT2D eigenvalue weighted by atomic mass is 9.77. The van der Waals surface area contributed by atoms with E-state index in [1.54, 1.807) is 31.5 Å². The molecule has 9 heteroatoms. The van der Waals surface area contributed by atoms with Gasteiger partial charge >= 0.3 is 11.7 Å². The molecule has 1 aromatic carbocycles. The standard InChI is InChI=1S/C28H30N4O5/c1-19-9-7-10-22(23-11-5-6-18-29-23)21(19)13-12-20(2)27(33)31-32(34,35)26-24(36-3)14-15-25(30-26)28(37-4)16-8-17-28/h5-7,9-15,18,34-35H,2,8,16-17H2,1,3-4H3/p+1/b13-12-. The van der Waals surface area contributed by atoms with Crippen LogP contribution in [0.2, 0.25) is 0 Å². The number of hydrogen-bond acceptors (Lipinski definition) is 7. The summed E-state index contributed by atoms with van der Waals surface area (Å²) >= 11 is 0. The number of methoxy groups -OCH3 is 2. The van der Waals surface area contributed by atoms with Gasteiger partial charge in [-0.2, -0.15) is 4.98 Å². The Morgan fingerprint density at radius 3 is 2.54 bits per heavy atom. The first-order valence-electron chi connectivity index (χ1n) is 11.9. The van der Waals surface area contributed by atoms with E-state index in [9.17, 15) is 15.2 Å². The number of benzene rings is 1. The zero-order chi connectivity index (χ0) is 26.6. The summed E-state index contributed by atoms with van der Waals surface area (Å²) in [5.41, 5.74) is 5.60. The number of hydrogen-bond donors (Lipinski definition) is 3. The Labute approximate surface area is 215 Å². The van der Waals surface area contributed by atoms with Crippen LogP contribution in [0.25, 0.3) is 17.3 Å². The number of pyridine rings is 2. The van der Waals surface area contributed by atoms with Gasteiger partial charge in [-0.25, -0.2) is 0 Å². The summed E-state index contributed by atoms with van der Waals surface area (Å²) in [4.78, 5) is 19.7. The van der Waals surface area contributed by atoms with Gasteiger partial charge in [0.05, 0.1) is 18.5 Å². The SMILES string of the molecule is C=C(/C=C\c1c(C)cccc1-c1ccccn1)C(=O)N[N+](O)(O)c1nc(C2(OC)CCC2)ccc1OC. The molecule has 1 saturated carbocycles. The Morgan fingerprint density at radius 1 is 1.14 bits per heavy atom. The van der Waals surface area contributed by atoms with Crippen molar-refractivity contribution >= 4 is 17.8 Å². The molecule has 37 heavy (non-hydrogen) atoms. The predicted octanol–water partition coefficient (Wildman–Crippen LogP) is 4.87. The molecule has 9 nitrogen and oxygen atoms in total. The van der Waals surface area contributed by atoms with Crippen LogP contribution in [-0.2, 0) is 15.1 Å². The fourth-order valence-electron chi connectivity index (χ4n) is 4.31. The highest BCUT2D eigenvalue weighted by molar-refractivity contribution is 5.97. The lowest BCUT2D eigenvalue weighted by Gasteiger charge is -2.40. The normalized spacial score (nSPS) is 14.7. The first-order chi connectivity index (χ1) is 17.7. The molecule has 2 heterocycles. The molecule has 1 aliphatic carbocycles. The smallest absolute Gasteiger partial charge is 0.364 e. The first kappa shape index (κ1) is 26.2. The van der Waals surface area contributed by atoms with Crippen LogP contribution >= 0.6 is 0 Å². The molecule has 192 valence electrons. The van der Waals surface area contributed by atoms with Gasteiger partial charge < -0.3 is 9.47 Å². The number of amides is 1. The van der Waals surface area contributed by atoms with Gasteiger partial charge in [0.15, 0.2) is 0 Å². The number of aromatic nitrogens is 2. The van der Waals surface area contributed by atoms with Crippen LogP contribution in [0.1, 0.15) is 36.1 Å². The van der Waals surface area contributed by atoms with Gasteiger partial charge in [0.2, 0.25) is 5.75 Å². The van der Waals surface area contributed by atoms with Crippen LogP contribution in [0.5, 0.6) is 5.75 Å². The predicted molar refractivity (Wildman–Crippen MR) is 139 cm³/mol. The Morgan fingerprint density at radius 2 is 1.92 bits per heavy atom. The quantitative estimate of drug-likeness (QED) is 0.165. The van der Waals surface area contributed by atoms with Gasteiger partial charge in [0.1, 0.15) is 10.5 Å². The molecule has 1 fully saturated rings. The van der Waals surface area contributed by atoms with Crippen molar-refractivity contribution in [1.82, 2.24) is 20.3 Å². The maximum atomic E-state index is 12.9. The molecule has 0 unspecified atom stereocenters. The average molecular weight is 504 g/mol. The van der Waals surface area contributed by atoms with E-state index >= 15 is 0 Å². The van der Waals surface area contributed by atoms with E-state index in [0.29, 0.717) is 5.69 Å². The number of nitrogens with one attached hydrogen (secondary N) is 1. The lowest BCUT2D eigenvalue weighted by molar-refractivity contribution is -0.320. The minimum Gasteiger partial charge on any atom is -0.489 e. The number of rotatable bonds is 9. The van der Waals surface area contributed by atoms with Gasteiger partial charge in [-0.1, -0.05) is 36.9 Å². The van der Waals surface area contributed by atoms with E-state index in [1.807, 2.05) is 43.3 Å². The van der Waals surface area contributed by atoms with Crippen LogP contribution < -0.4 is 15.1 Å². The number of ether oxygens (including phenoxy) is 2. The highest BCUT2D eigenvalue weighted by atomic mass is 16.9. The molecule has 0 aliphatic heterocycles. The topological polar surface area (TPSA) is 114 Å². The monoisotopic (exact) mass is 503 g/mol. The summed E-state index contributed by atoms with van der Waals surface area (Å²) < 4.78 is 10.9. The summed E-state index contributed by atoms with van der Waals surface area (Å²) in [5, 5.41) is 21.6. The second-order valence-corrected chi connectivity index (χ2v) is 8.93. The minimum atomic E-state index is -2.02. The van der Waals surface area contributed by atoms with Crippen molar-refractivity contribution in [1.29, 1.82) is 0 Å². The third-order valence-corrected chi connectivity index (χ3v) is 6.64. The second kappa shape index (κ2) is 10.6. The molecule has 0 saturated heterocycles. The van der Waals surface area contributed by atoms with E-state index in [2.05, 4.69) is 22.0 Å². The molecule has 3 aromatic rings. The van der Waals surface area contributed by atoms with Crippen LogP contribution in [0.3, 0.4) is 0 Å². The van der Waals surface area contributed by atoms with E-state index in [1.165, 1.54) is 13.2 Å². The third-order valence-electron chi connectivity index (χ3n) is 6.64. The number of aryl methyl sites for hydroxylation is 1. The summed E-state index contributed by atoms with van der Waals surface area (Å²) in [7, 11) is 2.97. The molecule has 2 aromatic heterocycles. The first-order valence-corrected chi connectivity index (χ1v) is 11.9. The Hall–Kier alpha value is -3.89. The number of nitrogens with zero attached hydrogens (tertiary/aromatic N) is 3. The molecular weight excluding hydrogens is 472 g/mol. The van der Waals surface area contributed by atoms with E-state index < -0.39 is 16.4 Å². The van der Waals surface area contributed by atoms with Crippen molar-refractivity contribution in [2.45, 2.75) is 31.8 Å². The van der Waals surface area contributed by atoms with Crippen molar-refractivity contribution in [2.24, 2.45) is 0 Å². The van der Waals surface area contributed by atoms with Gasteiger partial charge in [0.25, 0.3) is 0 Å². The van der Waals surface area contributed by atoms with Crippen LogP contribution in [0.15, 0.2) is 73.0 Å². The molecule has 1 amide bonds. The van der Waals surface area contributed by atoms with Gasteiger partial charge in [0, 0.05) is 24.4 Å². The second-order valence-electron chi connectivity index (χ2n) is 8.93. The largest absolute Gasteiger partial charge is 0.489 e. The molecule has 4 rings (SSSR count). The molecular formula is C28H31N4O5+. The molecule has 0 radical (unpaired) electrons. The molecule has 3 N–H and O–H groups in total. The molecule has 0 bridgehead atoms. The number of quaternary nitrogens is 1. The summed E-state index contributed by atoms with van der Waals surface area (Å²) in [6, 6.07) is 14.8. The molecule has 0 atom stereocenters. The highest BCUT2D eigenvalue weighted by Gasteiger charge is 2.44. The Bertz CT molecular complexity index is 1330. The Balaban J connectivity index is 1.56. The Kier molecular flexibility index (Phi) is 7.51. The zero-order valence-electron chi connectivity index (χ0n) is 21.1. The minimum absolute atomic E-state index is 0.00306. The summed E-state index contributed by atoms with van der Waals surface area (Å²) in [6.45, 7) is 5.75. The van der Waals surface area contributed by atoms with Crippen LogP contribution in [0, 0.1) is 6.92 Å². The lowest BCUT2D eigenvalue weighted by Crippen LogP contribution is -2.58. The fourth-order valence-corrected chi connectivity index (χ4v) is 4.31.